The highest BCUT2D eigenvalue weighted by molar-refractivity contribution is 5.84. The minimum absolute atomic E-state index is 0.0760. The number of esters is 1. The number of fused-ring (bicyclic) bond motifs is 2. The second kappa shape index (κ2) is 14.9. The van der Waals surface area contributed by atoms with Crippen molar-refractivity contribution < 1.29 is 23.5 Å². The van der Waals surface area contributed by atoms with Gasteiger partial charge in [0.25, 0.3) is 5.56 Å². The second-order valence-corrected chi connectivity index (χ2v) is 16.3. The van der Waals surface area contributed by atoms with Gasteiger partial charge in [-0.05, 0) is 92.0 Å². The number of rotatable bonds is 7. The lowest BCUT2D eigenvalue weighted by Crippen LogP contribution is -2.41. The number of imidazole rings is 1. The summed E-state index contributed by atoms with van der Waals surface area (Å²) in [6, 6.07) is 14.4. The fourth-order valence-corrected chi connectivity index (χ4v) is 7.06. The summed E-state index contributed by atoms with van der Waals surface area (Å²) in [6.45, 7) is 13.9. The molecule has 0 radical (unpaired) electrons. The first-order valence-corrected chi connectivity index (χ1v) is 18.7. The number of carbonyl (C=O) groups is 2. The van der Waals surface area contributed by atoms with E-state index >= 15 is 4.39 Å². The van der Waals surface area contributed by atoms with Gasteiger partial charge in [-0.1, -0.05) is 39.0 Å². The lowest BCUT2D eigenvalue weighted by atomic mass is 9.86. The van der Waals surface area contributed by atoms with Gasteiger partial charge in [0, 0.05) is 61.3 Å². The molecule has 0 unspecified atom stereocenters. The van der Waals surface area contributed by atoms with Crippen LogP contribution in [0.15, 0.2) is 84.3 Å². The van der Waals surface area contributed by atoms with Crippen LogP contribution in [0.4, 0.5) is 20.7 Å². The highest BCUT2D eigenvalue weighted by atomic mass is 19.1. The number of pyridine rings is 2. The molecule has 13 heteroatoms. The van der Waals surface area contributed by atoms with E-state index in [1.54, 1.807) is 29.3 Å². The molecular weight excluding hydrogens is 714 g/mol. The van der Waals surface area contributed by atoms with Crippen molar-refractivity contribution in [2.75, 3.05) is 18.4 Å². The maximum absolute atomic E-state index is 15.6. The Bertz CT molecular complexity index is 2510. The van der Waals surface area contributed by atoms with Crippen molar-refractivity contribution >= 4 is 40.0 Å². The Morgan fingerprint density at radius 3 is 2.43 bits per heavy atom. The molecule has 5 heterocycles. The molecule has 1 fully saturated rings. The maximum Gasteiger partial charge on any atom is 0.410 e. The van der Waals surface area contributed by atoms with Gasteiger partial charge < -0.3 is 24.1 Å². The molecule has 1 N–H and O–H groups in total. The van der Waals surface area contributed by atoms with Crippen LogP contribution in [0.5, 0.6) is 0 Å². The summed E-state index contributed by atoms with van der Waals surface area (Å²) in [5, 5.41) is 8.23. The van der Waals surface area contributed by atoms with Crippen LogP contribution >= 0.6 is 0 Å². The zero-order valence-corrected chi connectivity index (χ0v) is 32.7. The van der Waals surface area contributed by atoms with E-state index in [4.69, 9.17) is 14.5 Å². The summed E-state index contributed by atoms with van der Waals surface area (Å²) in [6.07, 6.45) is 10.1. The van der Waals surface area contributed by atoms with Crippen LogP contribution < -0.4 is 10.9 Å². The number of amides is 1. The number of nitrogens with one attached hydrogen (secondary N) is 1. The van der Waals surface area contributed by atoms with Crippen molar-refractivity contribution in [1.82, 2.24) is 29.0 Å². The number of nitrogens with zero attached hydrogens (tertiary/aromatic N) is 6. The minimum Gasteiger partial charge on any atom is -0.461 e. The molecule has 0 atom stereocenters. The van der Waals surface area contributed by atoms with Crippen molar-refractivity contribution in [2.24, 2.45) is 0 Å². The summed E-state index contributed by atoms with van der Waals surface area (Å²) in [4.78, 5) is 49.7. The van der Waals surface area contributed by atoms with E-state index in [1.807, 2.05) is 82.7 Å². The van der Waals surface area contributed by atoms with Gasteiger partial charge in [-0.15, -0.1) is 0 Å². The zero-order valence-electron chi connectivity index (χ0n) is 32.7. The number of hydrogen-bond donors (Lipinski definition) is 1. The van der Waals surface area contributed by atoms with E-state index in [1.165, 1.54) is 19.2 Å². The second-order valence-electron chi connectivity index (χ2n) is 16.3. The van der Waals surface area contributed by atoms with Gasteiger partial charge in [-0.3, -0.25) is 9.59 Å². The van der Waals surface area contributed by atoms with Gasteiger partial charge in [-0.25, -0.2) is 19.2 Å². The quantitative estimate of drug-likeness (QED) is 0.159. The topological polar surface area (TPSA) is 133 Å². The fourth-order valence-electron chi connectivity index (χ4n) is 7.06. The summed E-state index contributed by atoms with van der Waals surface area (Å²) in [5.74, 6) is -0.249. The lowest BCUT2D eigenvalue weighted by molar-refractivity contribution is -0.142. The normalized spacial score (nSPS) is 14.0. The van der Waals surface area contributed by atoms with E-state index in [0.29, 0.717) is 52.4 Å². The smallest absolute Gasteiger partial charge is 0.410 e. The molecular formula is C43H46FN7O5. The van der Waals surface area contributed by atoms with Crippen LogP contribution in [0.1, 0.15) is 83.9 Å². The summed E-state index contributed by atoms with van der Waals surface area (Å²) >= 11 is 0. The van der Waals surface area contributed by atoms with Gasteiger partial charge in [0.15, 0.2) is 5.65 Å². The fraction of sp³-hybridized carbons (Fsp3) is 0.349. The van der Waals surface area contributed by atoms with E-state index in [9.17, 15) is 14.4 Å². The molecule has 1 aliphatic rings. The molecule has 0 spiro atoms. The number of ether oxygens (including phenoxy) is 2. The van der Waals surface area contributed by atoms with Crippen LogP contribution in [-0.2, 0) is 26.3 Å². The van der Waals surface area contributed by atoms with Crippen LogP contribution in [0.25, 0.3) is 33.2 Å². The largest absolute Gasteiger partial charge is 0.461 e. The first-order chi connectivity index (χ1) is 26.6. The minimum atomic E-state index is -0.628. The number of anilines is 2. The van der Waals surface area contributed by atoms with Gasteiger partial charge >= 0.3 is 12.1 Å². The third-order valence-electron chi connectivity index (χ3n) is 9.97. The van der Waals surface area contributed by atoms with Crippen molar-refractivity contribution in [3.05, 3.63) is 112 Å². The maximum atomic E-state index is 15.6. The Kier molecular flexibility index (Phi) is 10.1. The predicted molar refractivity (Wildman–Crippen MR) is 213 cm³/mol. The van der Waals surface area contributed by atoms with Crippen LogP contribution in [0.2, 0.25) is 0 Å². The average Bonchev–Trinajstić information content (AvgIpc) is 3.63. The van der Waals surface area contributed by atoms with Gasteiger partial charge in [0.1, 0.15) is 23.8 Å². The number of carbonyl (C=O) groups excluding carboxylic acids is 2. The Hall–Kier alpha value is -6.11. The first-order valence-electron chi connectivity index (χ1n) is 18.7. The molecule has 6 aromatic rings. The number of piperidine rings is 1. The number of halogens is 1. The molecule has 12 nitrogen and oxygen atoms in total. The van der Waals surface area contributed by atoms with E-state index in [0.717, 1.165) is 34.2 Å². The zero-order chi connectivity index (χ0) is 39.9. The molecule has 0 saturated carbocycles. The molecule has 0 aliphatic carbocycles. The molecule has 56 heavy (non-hydrogen) atoms. The van der Waals surface area contributed by atoms with Gasteiger partial charge in [-0.2, -0.15) is 9.78 Å². The van der Waals surface area contributed by atoms with Crippen molar-refractivity contribution in [1.29, 1.82) is 0 Å². The van der Waals surface area contributed by atoms with Crippen molar-refractivity contribution in [2.45, 2.75) is 84.8 Å². The van der Waals surface area contributed by atoms with Crippen LogP contribution in [0, 0.1) is 5.82 Å². The molecule has 1 saturated heterocycles. The Morgan fingerprint density at radius 2 is 1.75 bits per heavy atom. The Balaban J connectivity index is 1.20. The molecule has 290 valence electrons. The Labute approximate surface area is 324 Å². The SMILES string of the molecule is CC(=O)OCc1c(-c2cc(Nc3ccc(C4CCN(C(=O)OC(C)(C)C)CC4)cn3)c3nccn3c2)cccc1-n1ncc2cc(C(C)(C)C)cc(F)c2c1=O. The molecule has 1 aliphatic heterocycles. The van der Waals surface area contributed by atoms with E-state index < -0.39 is 22.9 Å². The van der Waals surface area contributed by atoms with Gasteiger partial charge in [0.05, 0.1) is 23.0 Å². The summed E-state index contributed by atoms with van der Waals surface area (Å²) in [7, 11) is 0. The average molecular weight is 760 g/mol. The highest BCUT2D eigenvalue weighted by Crippen LogP contribution is 2.34. The molecule has 2 aromatic carbocycles. The number of hydrogen-bond acceptors (Lipinski definition) is 9. The van der Waals surface area contributed by atoms with Crippen LogP contribution in [-0.4, -0.2) is 59.8 Å². The van der Waals surface area contributed by atoms with Crippen molar-refractivity contribution in [3.8, 4) is 16.8 Å². The number of aromatic nitrogens is 5. The van der Waals surface area contributed by atoms with Crippen LogP contribution in [0.3, 0.4) is 0 Å². The van der Waals surface area contributed by atoms with E-state index in [-0.39, 0.29) is 29.4 Å². The summed E-state index contributed by atoms with van der Waals surface area (Å²) in [5.41, 5.74) is 3.93. The number of benzene rings is 2. The van der Waals surface area contributed by atoms with E-state index in [2.05, 4.69) is 21.5 Å². The highest BCUT2D eigenvalue weighted by Gasteiger charge is 2.28. The third kappa shape index (κ3) is 7.98. The predicted octanol–water partition coefficient (Wildman–Crippen LogP) is 8.45. The molecule has 0 bridgehead atoms. The summed E-state index contributed by atoms with van der Waals surface area (Å²) < 4.78 is 29.7. The number of likely N-dealkylation sites (tertiary alicyclic amines) is 1. The first kappa shape index (κ1) is 38.2. The molecule has 7 rings (SSSR count). The standard InChI is InChI=1S/C43H46FN7O5/c1-26(52)55-25-33-32(9-8-10-36(33)51-40(53)38-29(23-47-51)19-31(21-34(38)44)42(2,3)4)30-20-35(39-45-15-18-50(39)24-30)48-37-12-11-28(22-46-37)27-13-16-49(17-14-27)41(54)56-43(5,6)7/h8-12,15,18-24,27H,13-14,16-17,25H2,1-7H3,(H,46,48). The lowest BCUT2D eigenvalue weighted by Gasteiger charge is -2.33. The monoisotopic (exact) mass is 759 g/mol. The Morgan fingerprint density at radius 1 is 0.982 bits per heavy atom. The van der Waals surface area contributed by atoms with Gasteiger partial charge in [0.2, 0.25) is 0 Å². The molecule has 4 aromatic heterocycles. The third-order valence-corrected chi connectivity index (χ3v) is 9.97. The molecule has 1 amide bonds. The van der Waals surface area contributed by atoms with Crippen molar-refractivity contribution in [3.63, 3.8) is 0 Å².